The van der Waals surface area contributed by atoms with Gasteiger partial charge in [-0.15, -0.1) is 0 Å². The molecule has 0 aliphatic carbocycles. The third kappa shape index (κ3) is 4.89. The predicted molar refractivity (Wildman–Crippen MR) is 107 cm³/mol. The van der Waals surface area contributed by atoms with Gasteiger partial charge in [0.15, 0.2) is 0 Å². The standard InChI is InChI=1S/C14H17N3O.2C2H6.2CH4/c1-8-6-11(16-10(8)3)12-4-5-13-15-9(2)7-14(18)17(12)13;2*1-2;;/h7,12H,4-6H2,1-3H3;2*1-2H3;2*1H4. The molecule has 3 heterocycles. The Morgan fingerprint density at radius 2 is 1.67 bits per heavy atom. The lowest BCUT2D eigenvalue weighted by Crippen LogP contribution is -2.28. The second-order valence-corrected chi connectivity index (χ2v) is 5.22. The number of allylic oxidation sites excluding steroid dienone is 2. The van der Waals surface area contributed by atoms with Crippen LogP contribution in [0.2, 0.25) is 0 Å². The summed E-state index contributed by atoms with van der Waals surface area (Å²) in [6, 6.07) is 1.73. The van der Waals surface area contributed by atoms with Gasteiger partial charge < -0.3 is 0 Å². The molecule has 0 N–H and O–H groups in total. The average Bonchev–Trinajstić information content (AvgIpc) is 3.07. The van der Waals surface area contributed by atoms with Crippen molar-refractivity contribution < 1.29 is 0 Å². The van der Waals surface area contributed by atoms with E-state index >= 15 is 0 Å². The first-order chi connectivity index (χ1) is 10.6. The van der Waals surface area contributed by atoms with E-state index in [1.807, 2.05) is 46.1 Å². The molecule has 138 valence electrons. The summed E-state index contributed by atoms with van der Waals surface area (Å²) in [5, 5.41) is 0. The fourth-order valence-corrected chi connectivity index (χ4v) is 2.83. The Bertz CT molecular complexity index is 639. The molecule has 0 amide bonds. The van der Waals surface area contributed by atoms with Crippen LogP contribution in [0.4, 0.5) is 0 Å². The number of aromatic nitrogens is 2. The summed E-state index contributed by atoms with van der Waals surface area (Å²) in [7, 11) is 0. The molecule has 4 nitrogen and oxygen atoms in total. The highest BCUT2D eigenvalue weighted by molar-refractivity contribution is 5.93. The normalized spacial score (nSPS) is 17.3. The summed E-state index contributed by atoms with van der Waals surface area (Å²) in [5.41, 5.74) is 4.41. The van der Waals surface area contributed by atoms with Crippen LogP contribution in [0.25, 0.3) is 0 Å². The molecule has 0 saturated carbocycles. The summed E-state index contributed by atoms with van der Waals surface area (Å²) >= 11 is 0. The first-order valence-corrected chi connectivity index (χ1v) is 8.39. The fraction of sp³-hybridized carbons (Fsp3) is 0.650. The zero-order valence-electron chi connectivity index (χ0n) is 15.0. The fourth-order valence-electron chi connectivity index (χ4n) is 2.83. The molecule has 1 atom stereocenters. The zero-order valence-corrected chi connectivity index (χ0v) is 15.0. The molecule has 1 aromatic heterocycles. The van der Waals surface area contributed by atoms with Gasteiger partial charge in [-0.2, -0.15) is 0 Å². The van der Waals surface area contributed by atoms with E-state index in [1.54, 1.807) is 6.07 Å². The third-order valence-corrected chi connectivity index (χ3v) is 3.87. The van der Waals surface area contributed by atoms with E-state index in [0.717, 1.165) is 42.2 Å². The van der Waals surface area contributed by atoms with E-state index in [4.69, 9.17) is 0 Å². The number of fused-ring (bicyclic) bond motifs is 1. The van der Waals surface area contributed by atoms with Crippen molar-refractivity contribution in [1.82, 2.24) is 9.55 Å². The second-order valence-electron chi connectivity index (χ2n) is 5.22. The van der Waals surface area contributed by atoms with Crippen LogP contribution in [0, 0.1) is 6.92 Å². The van der Waals surface area contributed by atoms with Gasteiger partial charge in [-0.1, -0.05) is 42.5 Å². The van der Waals surface area contributed by atoms with Crippen LogP contribution >= 0.6 is 0 Å². The van der Waals surface area contributed by atoms with E-state index in [-0.39, 0.29) is 26.5 Å². The summed E-state index contributed by atoms with van der Waals surface area (Å²) < 4.78 is 1.83. The Labute approximate surface area is 148 Å². The minimum absolute atomic E-state index is 0. The largest absolute Gasteiger partial charge is 0.288 e. The summed E-state index contributed by atoms with van der Waals surface area (Å²) in [5.74, 6) is 0.912. The van der Waals surface area contributed by atoms with Crippen LogP contribution in [-0.2, 0) is 6.42 Å². The summed E-state index contributed by atoms with van der Waals surface area (Å²) in [4.78, 5) is 21.2. The molecule has 2 aliphatic rings. The van der Waals surface area contributed by atoms with Crippen molar-refractivity contribution >= 4 is 5.71 Å². The van der Waals surface area contributed by atoms with Gasteiger partial charge in [-0.05, 0) is 32.8 Å². The molecule has 2 aliphatic heterocycles. The minimum Gasteiger partial charge on any atom is -0.288 e. The summed E-state index contributed by atoms with van der Waals surface area (Å²) in [6.07, 6.45) is 2.72. The number of aryl methyl sites for hydroxylation is 2. The first-order valence-electron chi connectivity index (χ1n) is 8.39. The first kappa shape index (κ1) is 24.5. The van der Waals surface area contributed by atoms with Crippen molar-refractivity contribution in [3.63, 3.8) is 0 Å². The molecule has 0 saturated heterocycles. The molecular formula is C20H37N3O. The van der Waals surface area contributed by atoms with Gasteiger partial charge in [-0.25, -0.2) is 4.98 Å². The van der Waals surface area contributed by atoms with Crippen molar-refractivity contribution in [3.05, 3.63) is 39.2 Å². The second kappa shape index (κ2) is 11.0. The van der Waals surface area contributed by atoms with Crippen molar-refractivity contribution in [2.24, 2.45) is 4.99 Å². The monoisotopic (exact) mass is 335 g/mol. The highest BCUT2D eigenvalue weighted by Crippen LogP contribution is 2.31. The molecule has 0 fully saturated rings. The van der Waals surface area contributed by atoms with Crippen molar-refractivity contribution in [2.75, 3.05) is 0 Å². The molecule has 3 rings (SSSR count). The van der Waals surface area contributed by atoms with E-state index in [9.17, 15) is 4.79 Å². The van der Waals surface area contributed by atoms with E-state index < -0.39 is 0 Å². The highest BCUT2D eigenvalue weighted by atomic mass is 16.1. The Balaban J connectivity index is 0. The highest BCUT2D eigenvalue weighted by Gasteiger charge is 2.30. The van der Waals surface area contributed by atoms with Crippen LogP contribution in [0.5, 0.6) is 0 Å². The maximum Gasteiger partial charge on any atom is 0.254 e. The molecule has 0 bridgehead atoms. The van der Waals surface area contributed by atoms with Gasteiger partial charge in [0.1, 0.15) is 5.82 Å². The third-order valence-electron chi connectivity index (χ3n) is 3.87. The maximum absolute atomic E-state index is 12.1. The lowest BCUT2D eigenvalue weighted by atomic mass is 10.0. The van der Waals surface area contributed by atoms with Gasteiger partial charge >= 0.3 is 0 Å². The molecule has 1 unspecified atom stereocenters. The van der Waals surface area contributed by atoms with Gasteiger partial charge in [0.05, 0.1) is 6.04 Å². The van der Waals surface area contributed by atoms with Crippen molar-refractivity contribution in [1.29, 1.82) is 0 Å². The Kier molecular flexibility index (Phi) is 11.2. The van der Waals surface area contributed by atoms with Gasteiger partial charge in [0, 0.05) is 36.0 Å². The van der Waals surface area contributed by atoms with Crippen LogP contribution < -0.4 is 5.56 Å². The van der Waals surface area contributed by atoms with Crippen molar-refractivity contribution in [2.45, 2.75) is 88.6 Å². The number of nitrogens with zero attached hydrogens (tertiary/aromatic N) is 3. The topological polar surface area (TPSA) is 47.2 Å². The van der Waals surface area contributed by atoms with Crippen molar-refractivity contribution in [3.8, 4) is 0 Å². The van der Waals surface area contributed by atoms with Crippen LogP contribution in [-0.4, -0.2) is 15.3 Å². The molecular weight excluding hydrogens is 298 g/mol. The number of aliphatic imine (C=N–C) groups is 1. The van der Waals surface area contributed by atoms with E-state index in [2.05, 4.69) is 16.9 Å². The van der Waals surface area contributed by atoms with E-state index in [0.29, 0.717) is 0 Å². The molecule has 0 radical (unpaired) electrons. The predicted octanol–water partition coefficient (Wildman–Crippen LogP) is 5.50. The van der Waals surface area contributed by atoms with Gasteiger partial charge in [0.2, 0.25) is 0 Å². The molecule has 4 heteroatoms. The Morgan fingerprint density at radius 3 is 2.17 bits per heavy atom. The molecule has 1 aromatic rings. The maximum atomic E-state index is 12.1. The number of hydrogen-bond acceptors (Lipinski definition) is 3. The quantitative estimate of drug-likeness (QED) is 0.680. The van der Waals surface area contributed by atoms with Crippen LogP contribution in [0.1, 0.15) is 86.8 Å². The SMILES string of the molecule is C.C.CC.CC.CC1=C(C)N=C(C2CCc3nc(C)cc(=O)n32)C1. The smallest absolute Gasteiger partial charge is 0.254 e. The Hall–Kier alpha value is -1.71. The number of hydrogen-bond donors (Lipinski definition) is 0. The van der Waals surface area contributed by atoms with Crippen LogP contribution in [0.15, 0.2) is 27.1 Å². The summed E-state index contributed by atoms with van der Waals surface area (Å²) in [6.45, 7) is 14.0. The average molecular weight is 336 g/mol. The molecule has 0 spiro atoms. The lowest BCUT2D eigenvalue weighted by Gasteiger charge is -2.14. The zero-order chi connectivity index (χ0) is 16.9. The molecule has 24 heavy (non-hydrogen) atoms. The molecule has 0 aromatic carbocycles. The van der Waals surface area contributed by atoms with Crippen LogP contribution in [0.3, 0.4) is 0 Å². The van der Waals surface area contributed by atoms with Gasteiger partial charge in [-0.3, -0.25) is 14.4 Å². The Morgan fingerprint density at radius 1 is 1.08 bits per heavy atom. The van der Waals surface area contributed by atoms with E-state index in [1.165, 1.54) is 5.57 Å². The number of rotatable bonds is 1. The lowest BCUT2D eigenvalue weighted by molar-refractivity contribution is 0.641. The van der Waals surface area contributed by atoms with Gasteiger partial charge in [0.25, 0.3) is 5.56 Å². The minimum atomic E-state index is 0.